The Morgan fingerprint density at radius 3 is 2.86 bits per heavy atom. The van der Waals surface area contributed by atoms with Crippen LogP contribution < -0.4 is 0 Å². The van der Waals surface area contributed by atoms with Gasteiger partial charge in [-0.2, -0.15) is 0 Å². The molecule has 0 bridgehead atoms. The summed E-state index contributed by atoms with van der Waals surface area (Å²) in [4.78, 5) is 33.5. The summed E-state index contributed by atoms with van der Waals surface area (Å²) < 4.78 is 2.12. The Morgan fingerprint density at radius 1 is 1.21 bits per heavy atom. The van der Waals surface area contributed by atoms with Crippen LogP contribution in [-0.4, -0.2) is 69.1 Å². The number of amides is 2. The Kier molecular flexibility index (Phi) is 5.58. The fourth-order valence-corrected chi connectivity index (χ4v) is 5.02. The van der Waals surface area contributed by atoms with E-state index in [-0.39, 0.29) is 23.8 Å². The van der Waals surface area contributed by atoms with Gasteiger partial charge in [0.1, 0.15) is 5.82 Å². The van der Waals surface area contributed by atoms with E-state index in [0.717, 1.165) is 42.7 Å². The molecule has 1 atom stereocenters. The van der Waals surface area contributed by atoms with Gasteiger partial charge in [-0.05, 0) is 38.3 Å². The number of imidazole rings is 1. The lowest BCUT2D eigenvalue weighted by molar-refractivity contribution is -0.143. The van der Waals surface area contributed by atoms with Crippen molar-refractivity contribution < 1.29 is 14.7 Å². The van der Waals surface area contributed by atoms with Gasteiger partial charge in [-0.1, -0.05) is 12.1 Å². The molecule has 1 spiro atoms. The van der Waals surface area contributed by atoms with Gasteiger partial charge in [0, 0.05) is 51.0 Å². The van der Waals surface area contributed by atoms with E-state index in [1.807, 2.05) is 36.1 Å². The van der Waals surface area contributed by atoms with Crippen molar-refractivity contribution in [3.8, 4) is 0 Å². The predicted molar refractivity (Wildman–Crippen MR) is 110 cm³/mol. The highest BCUT2D eigenvalue weighted by atomic mass is 16.3. The molecule has 2 aromatic rings. The smallest absolute Gasteiger partial charge is 0.224 e. The average Bonchev–Trinajstić information content (AvgIpc) is 3.04. The number of rotatable bonds is 5. The molecular formula is C22H30N4O3. The molecular weight excluding hydrogens is 368 g/mol. The molecule has 2 aliphatic heterocycles. The maximum absolute atomic E-state index is 13.0. The standard InChI is InChI=1S/C22H30N4O3/c1-17-23-18-5-2-3-6-19(18)26(17)12-8-21(29)24-11-4-9-22(15-24)10-7-20(28)25(16-22)13-14-27/h2-3,5-6,27H,4,7-16H2,1H3. The van der Waals surface area contributed by atoms with Crippen LogP contribution in [0, 0.1) is 12.3 Å². The predicted octanol–water partition coefficient (Wildman–Crippen LogP) is 1.96. The largest absolute Gasteiger partial charge is 0.395 e. The van der Waals surface area contributed by atoms with E-state index in [2.05, 4.69) is 9.55 Å². The molecule has 1 unspecified atom stereocenters. The van der Waals surface area contributed by atoms with Crippen LogP contribution in [0.3, 0.4) is 0 Å². The summed E-state index contributed by atoms with van der Waals surface area (Å²) in [6.07, 6.45) is 3.82. The van der Waals surface area contributed by atoms with E-state index in [9.17, 15) is 14.7 Å². The molecule has 1 aromatic heterocycles. The van der Waals surface area contributed by atoms with E-state index < -0.39 is 0 Å². The van der Waals surface area contributed by atoms with Gasteiger partial charge in [0.15, 0.2) is 0 Å². The number of hydrogen-bond acceptors (Lipinski definition) is 4. The van der Waals surface area contributed by atoms with E-state index in [0.29, 0.717) is 39.0 Å². The number of aryl methyl sites for hydroxylation is 2. The second-order valence-electron chi connectivity index (χ2n) is 8.51. The van der Waals surface area contributed by atoms with Crippen LogP contribution in [0.5, 0.6) is 0 Å². The number of likely N-dealkylation sites (tertiary alicyclic amines) is 2. The molecule has 0 radical (unpaired) electrons. The maximum Gasteiger partial charge on any atom is 0.224 e. The zero-order chi connectivity index (χ0) is 20.4. The van der Waals surface area contributed by atoms with Crippen molar-refractivity contribution in [3.63, 3.8) is 0 Å². The lowest BCUT2D eigenvalue weighted by Gasteiger charge is -2.48. The van der Waals surface area contributed by atoms with Gasteiger partial charge in [0.25, 0.3) is 0 Å². The molecule has 2 aliphatic rings. The highest BCUT2D eigenvalue weighted by Gasteiger charge is 2.42. The molecule has 2 amide bonds. The fraction of sp³-hybridized carbons (Fsp3) is 0.591. The molecule has 7 nitrogen and oxygen atoms in total. The Labute approximate surface area is 171 Å². The molecule has 2 saturated heterocycles. The third kappa shape index (κ3) is 4.01. The molecule has 0 saturated carbocycles. The quantitative estimate of drug-likeness (QED) is 0.835. The van der Waals surface area contributed by atoms with Crippen LogP contribution in [0.2, 0.25) is 0 Å². The first-order chi connectivity index (χ1) is 14.0. The van der Waals surface area contributed by atoms with Crippen molar-refractivity contribution >= 4 is 22.8 Å². The maximum atomic E-state index is 13.0. The number of para-hydroxylation sites is 2. The zero-order valence-electron chi connectivity index (χ0n) is 17.1. The van der Waals surface area contributed by atoms with Crippen molar-refractivity contribution in [1.29, 1.82) is 0 Å². The number of nitrogens with zero attached hydrogens (tertiary/aromatic N) is 4. The number of hydrogen-bond donors (Lipinski definition) is 1. The van der Waals surface area contributed by atoms with E-state index in [4.69, 9.17) is 0 Å². The Balaban J connectivity index is 1.41. The highest BCUT2D eigenvalue weighted by Crippen LogP contribution is 2.39. The van der Waals surface area contributed by atoms with Gasteiger partial charge in [-0.15, -0.1) is 0 Å². The van der Waals surface area contributed by atoms with Crippen molar-refractivity contribution in [1.82, 2.24) is 19.4 Å². The first-order valence-electron chi connectivity index (χ1n) is 10.6. The van der Waals surface area contributed by atoms with Crippen LogP contribution in [0.4, 0.5) is 0 Å². The molecule has 29 heavy (non-hydrogen) atoms. The molecule has 3 heterocycles. The number of aromatic nitrogens is 2. The van der Waals surface area contributed by atoms with E-state index in [1.165, 1.54) is 0 Å². The minimum absolute atomic E-state index is 0.0112. The number of carbonyl (C=O) groups excluding carboxylic acids is 2. The molecule has 7 heteroatoms. The first-order valence-corrected chi connectivity index (χ1v) is 10.6. The van der Waals surface area contributed by atoms with Crippen molar-refractivity contribution in [3.05, 3.63) is 30.1 Å². The van der Waals surface area contributed by atoms with Crippen molar-refractivity contribution in [2.45, 2.75) is 45.6 Å². The zero-order valence-corrected chi connectivity index (χ0v) is 17.1. The van der Waals surface area contributed by atoms with Gasteiger partial charge in [0.05, 0.1) is 17.6 Å². The van der Waals surface area contributed by atoms with Gasteiger partial charge in [-0.3, -0.25) is 9.59 Å². The van der Waals surface area contributed by atoms with Gasteiger partial charge >= 0.3 is 0 Å². The summed E-state index contributed by atoms with van der Waals surface area (Å²) >= 11 is 0. The van der Waals surface area contributed by atoms with Crippen LogP contribution in [0.1, 0.15) is 37.9 Å². The summed E-state index contributed by atoms with van der Waals surface area (Å²) in [6, 6.07) is 8.02. The molecule has 2 fully saturated rings. The number of aliphatic hydroxyl groups is 1. The van der Waals surface area contributed by atoms with Crippen LogP contribution in [0.25, 0.3) is 11.0 Å². The molecule has 1 N–H and O–H groups in total. The minimum atomic E-state index is -0.0192. The summed E-state index contributed by atoms with van der Waals surface area (Å²) in [5.74, 6) is 1.22. The first kappa shape index (κ1) is 19.9. The van der Waals surface area contributed by atoms with E-state index >= 15 is 0 Å². The Morgan fingerprint density at radius 2 is 2.03 bits per heavy atom. The number of piperidine rings is 2. The molecule has 1 aromatic carbocycles. The van der Waals surface area contributed by atoms with Crippen molar-refractivity contribution in [2.24, 2.45) is 5.41 Å². The number of β-amino-alcohol motifs (C(OH)–C–C–N with tert-alkyl or cyclic N) is 1. The average molecular weight is 399 g/mol. The van der Waals surface area contributed by atoms with Crippen LogP contribution in [0.15, 0.2) is 24.3 Å². The lowest BCUT2D eigenvalue weighted by Crippen LogP contribution is -2.55. The SMILES string of the molecule is Cc1nc2ccccc2n1CCC(=O)N1CCCC2(CCC(=O)N(CCO)C2)C1. The topological polar surface area (TPSA) is 78.7 Å². The summed E-state index contributed by atoms with van der Waals surface area (Å²) in [7, 11) is 0. The number of aliphatic hydroxyl groups excluding tert-OH is 1. The second kappa shape index (κ2) is 8.14. The normalized spacial score (nSPS) is 22.6. The van der Waals surface area contributed by atoms with Crippen molar-refractivity contribution in [2.75, 3.05) is 32.8 Å². The van der Waals surface area contributed by atoms with Crippen LogP contribution >= 0.6 is 0 Å². The third-order valence-corrected chi connectivity index (χ3v) is 6.53. The fourth-order valence-electron chi connectivity index (χ4n) is 5.02. The van der Waals surface area contributed by atoms with E-state index in [1.54, 1.807) is 4.90 Å². The number of benzene rings is 1. The summed E-state index contributed by atoms with van der Waals surface area (Å²) in [6.45, 7) is 5.15. The lowest BCUT2D eigenvalue weighted by atomic mass is 9.73. The molecule has 4 rings (SSSR count). The number of fused-ring (bicyclic) bond motifs is 1. The molecule has 0 aliphatic carbocycles. The molecule has 156 valence electrons. The Bertz CT molecular complexity index is 909. The minimum Gasteiger partial charge on any atom is -0.395 e. The van der Waals surface area contributed by atoms with Gasteiger partial charge in [-0.25, -0.2) is 4.98 Å². The summed E-state index contributed by atoms with van der Waals surface area (Å²) in [5, 5.41) is 9.26. The van der Waals surface area contributed by atoms with Crippen LogP contribution in [-0.2, 0) is 16.1 Å². The van der Waals surface area contributed by atoms with Gasteiger partial charge in [0.2, 0.25) is 11.8 Å². The highest BCUT2D eigenvalue weighted by molar-refractivity contribution is 5.79. The third-order valence-electron chi connectivity index (χ3n) is 6.53. The van der Waals surface area contributed by atoms with Gasteiger partial charge < -0.3 is 19.5 Å². The second-order valence-corrected chi connectivity index (χ2v) is 8.51. The number of carbonyl (C=O) groups is 2. The summed E-state index contributed by atoms with van der Waals surface area (Å²) in [5.41, 5.74) is 2.01. The monoisotopic (exact) mass is 398 g/mol. The Hall–Kier alpha value is -2.41.